The van der Waals surface area contributed by atoms with Gasteiger partial charge in [0.05, 0.1) is 21.8 Å². The third kappa shape index (κ3) is 4.40. The molecule has 0 aliphatic rings. The molecule has 1 rings (SSSR count). The molecule has 0 atom stereocenters. The highest BCUT2D eigenvalue weighted by atomic mass is 127. The highest BCUT2D eigenvalue weighted by Crippen LogP contribution is 2.45. The van der Waals surface area contributed by atoms with Crippen LogP contribution in [0, 0.1) is 13.7 Å². The molecule has 0 aliphatic carbocycles. The Morgan fingerprint density at radius 1 is 1.24 bits per heavy atom. The number of rotatable bonds is 6. The number of benzene rings is 1. The van der Waals surface area contributed by atoms with Crippen LogP contribution in [0.3, 0.4) is 0 Å². The first-order valence-corrected chi connectivity index (χ1v) is 6.97. The minimum absolute atomic E-state index is 0.148. The van der Waals surface area contributed by atoms with Crippen LogP contribution in [0.1, 0.15) is 5.56 Å². The number of halogens is 8. The molecule has 1 aromatic rings. The SMILES string of the molecule is COc1c(I)cc(/C=N/NC(F)(F)C(F)(F)C(F)(F)F)cc1[N+](=O)[O-]. The lowest BCUT2D eigenvalue weighted by Crippen LogP contribution is -2.58. The van der Waals surface area contributed by atoms with E-state index >= 15 is 0 Å². The summed E-state index contributed by atoms with van der Waals surface area (Å²) in [5.41, 5.74) is -0.379. The maximum absolute atomic E-state index is 13.0. The molecule has 0 radical (unpaired) electrons. The molecule has 0 unspecified atom stereocenters. The first-order valence-electron chi connectivity index (χ1n) is 5.89. The fraction of sp³-hybridized carbons (Fsp3) is 0.364. The van der Waals surface area contributed by atoms with Crippen molar-refractivity contribution in [3.8, 4) is 5.75 Å². The number of nitro groups is 1. The molecule has 0 spiro atoms. The minimum atomic E-state index is -6.51. The first-order chi connectivity index (χ1) is 11.2. The summed E-state index contributed by atoms with van der Waals surface area (Å²) >= 11 is 1.61. The lowest BCUT2D eigenvalue weighted by molar-refractivity contribution is -0.385. The second kappa shape index (κ2) is 7.17. The molecule has 6 nitrogen and oxygen atoms in total. The number of hydrogen-bond donors (Lipinski definition) is 1. The fourth-order valence-electron chi connectivity index (χ4n) is 1.45. The van der Waals surface area contributed by atoms with Crippen LogP contribution in [-0.2, 0) is 0 Å². The second-order valence-electron chi connectivity index (χ2n) is 4.33. The van der Waals surface area contributed by atoms with Gasteiger partial charge in [-0.3, -0.25) is 10.1 Å². The van der Waals surface area contributed by atoms with Crippen molar-refractivity contribution in [1.29, 1.82) is 0 Å². The van der Waals surface area contributed by atoms with Gasteiger partial charge >= 0.3 is 23.8 Å². The molecular formula is C11H7F7IN3O3. The lowest BCUT2D eigenvalue weighted by atomic mass is 10.2. The van der Waals surface area contributed by atoms with Gasteiger partial charge in [0, 0.05) is 11.6 Å². The molecule has 0 bridgehead atoms. The van der Waals surface area contributed by atoms with E-state index in [0.29, 0.717) is 11.6 Å². The Kier molecular flexibility index (Phi) is 6.07. The minimum Gasteiger partial charge on any atom is -0.489 e. The Labute approximate surface area is 148 Å². The molecule has 0 fully saturated rings. The average Bonchev–Trinajstić information content (AvgIpc) is 2.44. The van der Waals surface area contributed by atoms with E-state index in [4.69, 9.17) is 4.74 Å². The predicted octanol–water partition coefficient (Wildman–Crippen LogP) is 3.92. The highest BCUT2D eigenvalue weighted by Gasteiger charge is 2.73. The number of hydrazone groups is 1. The van der Waals surface area contributed by atoms with Gasteiger partial charge in [-0.2, -0.15) is 35.8 Å². The Balaban J connectivity index is 3.10. The van der Waals surface area contributed by atoms with E-state index in [-0.39, 0.29) is 14.9 Å². The summed E-state index contributed by atoms with van der Waals surface area (Å²) in [6.07, 6.45) is -6.08. The normalized spacial score (nSPS) is 13.2. The van der Waals surface area contributed by atoms with E-state index in [1.54, 1.807) is 22.6 Å². The van der Waals surface area contributed by atoms with Crippen LogP contribution in [0.4, 0.5) is 36.4 Å². The molecule has 1 N–H and O–H groups in total. The van der Waals surface area contributed by atoms with Crippen molar-refractivity contribution in [3.63, 3.8) is 0 Å². The number of ether oxygens (including phenoxy) is 1. The van der Waals surface area contributed by atoms with Gasteiger partial charge in [-0.25, -0.2) is 5.43 Å². The van der Waals surface area contributed by atoms with Crippen LogP contribution in [0.25, 0.3) is 0 Å². The molecule has 0 amide bonds. The van der Waals surface area contributed by atoms with E-state index in [9.17, 15) is 40.8 Å². The third-order valence-corrected chi connectivity index (χ3v) is 3.42. The van der Waals surface area contributed by atoms with E-state index in [1.807, 2.05) is 0 Å². The van der Waals surface area contributed by atoms with Crippen molar-refractivity contribution in [2.24, 2.45) is 5.10 Å². The van der Waals surface area contributed by atoms with Crippen molar-refractivity contribution in [2.45, 2.75) is 18.1 Å². The molecule has 0 aliphatic heterocycles. The largest absolute Gasteiger partial charge is 0.489 e. The van der Waals surface area contributed by atoms with Crippen LogP contribution < -0.4 is 10.2 Å². The first kappa shape index (κ1) is 21.2. The van der Waals surface area contributed by atoms with Gasteiger partial charge in [0.15, 0.2) is 0 Å². The maximum Gasteiger partial charge on any atom is 0.462 e. The lowest BCUT2D eigenvalue weighted by Gasteiger charge is -2.27. The molecule has 0 saturated heterocycles. The van der Waals surface area contributed by atoms with Gasteiger partial charge in [0.25, 0.3) is 0 Å². The number of alkyl halides is 7. The Morgan fingerprint density at radius 2 is 1.80 bits per heavy atom. The number of nitrogens with one attached hydrogen (secondary N) is 1. The van der Waals surface area contributed by atoms with Crippen LogP contribution in [0.15, 0.2) is 17.2 Å². The van der Waals surface area contributed by atoms with Crippen molar-refractivity contribution in [2.75, 3.05) is 7.11 Å². The highest BCUT2D eigenvalue weighted by molar-refractivity contribution is 14.1. The Morgan fingerprint density at radius 3 is 2.24 bits per heavy atom. The molecule has 0 aromatic heterocycles. The zero-order valence-electron chi connectivity index (χ0n) is 11.9. The van der Waals surface area contributed by atoms with E-state index < -0.39 is 28.8 Å². The molecule has 25 heavy (non-hydrogen) atoms. The van der Waals surface area contributed by atoms with Crippen LogP contribution in [0.5, 0.6) is 5.75 Å². The van der Waals surface area contributed by atoms with Crippen molar-refractivity contribution in [3.05, 3.63) is 31.4 Å². The van der Waals surface area contributed by atoms with Crippen molar-refractivity contribution < 1.29 is 40.4 Å². The topological polar surface area (TPSA) is 76.8 Å². The smallest absolute Gasteiger partial charge is 0.462 e. The summed E-state index contributed by atoms with van der Waals surface area (Å²) in [5.74, 6) is -6.53. The average molecular weight is 489 g/mol. The van der Waals surface area contributed by atoms with E-state index in [2.05, 4.69) is 5.10 Å². The number of hydrogen-bond acceptors (Lipinski definition) is 5. The molecule has 0 heterocycles. The molecule has 140 valence electrons. The predicted molar refractivity (Wildman–Crippen MR) is 79.0 cm³/mol. The summed E-state index contributed by atoms with van der Waals surface area (Å²) in [4.78, 5) is 10.0. The summed E-state index contributed by atoms with van der Waals surface area (Å²) in [6, 6.07) is -3.77. The molecule has 0 saturated carbocycles. The molecular weight excluding hydrogens is 482 g/mol. The Hall–Kier alpha value is -1.87. The zero-order valence-corrected chi connectivity index (χ0v) is 14.0. The number of methoxy groups -OCH3 is 1. The van der Waals surface area contributed by atoms with Gasteiger partial charge in [-0.15, -0.1) is 0 Å². The quantitative estimate of drug-likeness (QED) is 0.164. The van der Waals surface area contributed by atoms with Crippen LogP contribution in [0.2, 0.25) is 0 Å². The molecule has 1 aromatic carbocycles. The third-order valence-electron chi connectivity index (χ3n) is 2.62. The maximum atomic E-state index is 13.0. The van der Waals surface area contributed by atoms with Gasteiger partial charge < -0.3 is 4.74 Å². The molecule has 14 heteroatoms. The standard InChI is InChI=1S/C11H7F7IN3O3/c1-25-8-6(19)2-5(3-7(8)22(23)24)4-20-21-11(17,18)9(12,13)10(14,15)16/h2-4,21H,1H3/b20-4+. The van der Waals surface area contributed by atoms with Crippen LogP contribution in [-0.4, -0.2) is 36.4 Å². The fourth-order valence-corrected chi connectivity index (χ4v) is 2.30. The monoisotopic (exact) mass is 489 g/mol. The summed E-state index contributed by atoms with van der Waals surface area (Å²) in [6.45, 7) is 0. The summed E-state index contributed by atoms with van der Waals surface area (Å²) < 4.78 is 92.0. The van der Waals surface area contributed by atoms with Gasteiger partial charge in [0.1, 0.15) is 0 Å². The van der Waals surface area contributed by atoms with Crippen LogP contribution >= 0.6 is 22.6 Å². The van der Waals surface area contributed by atoms with E-state index in [1.165, 1.54) is 0 Å². The Bertz CT molecular complexity index is 694. The van der Waals surface area contributed by atoms with E-state index in [0.717, 1.165) is 19.2 Å². The summed E-state index contributed by atoms with van der Waals surface area (Å²) in [5, 5.41) is 13.5. The van der Waals surface area contributed by atoms with Gasteiger partial charge in [-0.05, 0) is 28.7 Å². The summed E-state index contributed by atoms with van der Waals surface area (Å²) in [7, 11) is 1.14. The van der Waals surface area contributed by atoms with Gasteiger partial charge in [0.2, 0.25) is 5.75 Å². The van der Waals surface area contributed by atoms with Crippen molar-refractivity contribution >= 4 is 34.5 Å². The number of nitro benzene ring substituents is 1. The number of nitrogens with zero attached hydrogens (tertiary/aromatic N) is 2. The van der Waals surface area contributed by atoms with Gasteiger partial charge in [-0.1, -0.05) is 0 Å². The second-order valence-corrected chi connectivity index (χ2v) is 5.49. The van der Waals surface area contributed by atoms with Crippen molar-refractivity contribution in [1.82, 2.24) is 5.43 Å². The zero-order chi connectivity index (χ0) is 19.6.